The number of hydrogen-bond donors (Lipinski definition) is 1. The number of methoxy groups -OCH3 is 1. The summed E-state index contributed by atoms with van der Waals surface area (Å²) in [6.45, 7) is 11.1. The predicted octanol–water partition coefficient (Wildman–Crippen LogP) is 2.44. The van der Waals surface area contributed by atoms with Crippen LogP contribution in [0.3, 0.4) is 0 Å². The van der Waals surface area contributed by atoms with Crippen molar-refractivity contribution in [1.82, 2.24) is 10.3 Å². The molecule has 0 saturated carbocycles. The van der Waals surface area contributed by atoms with Gasteiger partial charge in [0.05, 0.1) is 12.6 Å². The molecule has 0 aromatic carbocycles. The van der Waals surface area contributed by atoms with Crippen LogP contribution in [0.4, 0.5) is 5.82 Å². The highest BCUT2D eigenvalue weighted by Gasteiger charge is 2.14. The SMILES string of the molecule is CCN(c1cc(CNC(C)C)ccn1)C(C)COC. The summed E-state index contributed by atoms with van der Waals surface area (Å²) < 4.78 is 5.24. The lowest BCUT2D eigenvalue weighted by molar-refractivity contribution is 0.181. The van der Waals surface area contributed by atoms with E-state index in [1.165, 1.54) is 5.56 Å². The summed E-state index contributed by atoms with van der Waals surface area (Å²) in [6, 6.07) is 5.04. The number of anilines is 1. The van der Waals surface area contributed by atoms with E-state index in [4.69, 9.17) is 4.74 Å². The van der Waals surface area contributed by atoms with Crippen molar-refractivity contribution in [3.63, 3.8) is 0 Å². The van der Waals surface area contributed by atoms with Gasteiger partial charge in [-0.3, -0.25) is 0 Å². The Bertz CT molecular complexity index is 368. The van der Waals surface area contributed by atoms with E-state index in [-0.39, 0.29) is 0 Å². The molecule has 0 saturated heterocycles. The first kappa shape index (κ1) is 15.9. The van der Waals surface area contributed by atoms with Crippen molar-refractivity contribution in [3.05, 3.63) is 23.9 Å². The Morgan fingerprint density at radius 3 is 2.68 bits per heavy atom. The minimum atomic E-state index is 0.329. The van der Waals surface area contributed by atoms with E-state index in [0.29, 0.717) is 18.7 Å². The summed E-state index contributed by atoms with van der Waals surface area (Å²) in [4.78, 5) is 6.75. The molecule has 1 unspecified atom stereocenters. The van der Waals surface area contributed by atoms with E-state index in [2.05, 4.69) is 55.0 Å². The summed E-state index contributed by atoms with van der Waals surface area (Å²) >= 11 is 0. The molecule has 1 atom stereocenters. The fourth-order valence-corrected chi connectivity index (χ4v) is 2.08. The molecule has 0 bridgehead atoms. The van der Waals surface area contributed by atoms with E-state index < -0.39 is 0 Å². The summed E-state index contributed by atoms with van der Waals surface area (Å²) in [7, 11) is 1.74. The smallest absolute Gasteiger partial charge is 0.129 e. The average molecular weight is 265 g/mol. The maximum Gasteiger partial charge on any atom is 0.129 e. The first-order valence-electron chi connectivity index (χ1n) is 7.02. The second-order valence-electron chi connectivity index (χ2n) is 5.15. The zero-order valence-corrected chi connectivity index (χ0v) is 12.8. The Labute approximate surface area is 117 Å². The van der Waals surface area contributed by atoms with Gasteiger partial charge < -0.3 is 15.0 Å². The molecule has 4 nitrogen and oxygen atoms in total. The molecule has 108 valence electrons. The van der Waals surface area contributed by atoms with Crippen LogP contribution < -0.4 is 10.2 Å². The van der Waals surface area contributed by atoms with E-state index in [9.17, 15) is 0 Å². The highest BCUT2D eigenvalue weighted by molar-refractivity contribution is 5.42. The van der Waals surface area contributed by atoms with Crippen molar-refractivity contribution >= 4 is 5.82 Å². The van der Waals surface area contributed by atoms with Crippen LogP contribution in [0.25, 0.3) is 0 Å². The second-order valence-corrected chi connectivity index (χ2v) is 5.15. The summed E-state index contributed by atoms with van der Waals surface area (Å²) in [5, 5.41) is 3.43. The van der Waals surface area contributed by atoms with Crippen LogP contribution in [0, 0.1) is 0 Å². The van der Waals surface area contributed by atoms with Gasteiger partial charge in [-0.1, -0.05) is 13.8 Å². The first-order chi connectivity index (χ1) is 9.08. The van der Waals surface area contributed by atoms with Crippen molar-refractivity contribution in [3.8, 4) is 0 Å². The number of nitrogens with zero attached hydrogens (tertiary/aromatic N) is 2. The predicted molar refractivity (Wildman–Crippen MR) is 80.6 cm³/mol. The molecule has 19 heavy (non-hydrogen) atoms. The number of likely N-dealkylation sites (N-methyl/N-ethyl adjacent to an activating group) is 1. The van der Waals surface area contributed by atoms with Gasteiger partial charge in [0.25, 0.3) is 0 Å². The molecule has 0 amide bonds. The van der Waals surface area contributed by atoms with Crippen molar-refractivity contribution < 1.29 is 4.74 Å². The molecular formula is C15H27N3O. The lowest BCUT2D eigenvalue weighted by atomic mass is 10.2. The van der Waals surface area contributed by atoms with Crippen molar-refractivity contribution in [2.75, 3.05) is 25.2 Å². The van der Waals surface area contributed by atoms with Crippen LogP contribution in [-0.4, -0.2) is 37.3 Å². The third-order valence-corrected chi connectivity index (χ3v) is 3.10. The zero-order chi connectivity index (χ0) is 14.3. The van der Waals surface area contributed by atoms with Gasteiger partial charge in [-0.15, -0.1) is 0 Å². The maximum absolute atomic E-state index is 5.24. The molecule has 1 aromatic rings. The molecule has 0 aliphatic carbocycles. The first-order valence-corrected chi connectivity index (χ1v) is 7.02. The minimum Gasteiger partial charge on any atom is -0.383 e. The number of pyridine rings is 1. The normalized spacial score (nSPS) is 12.7. The number of hydrogen-bond acceptors (Lipinski definition) is 4. The molecule has 0 spiro atoms. The Kier molecular flexibility index (Phi) is 6.81. The van der Waals surface area contributed by atoms with E-state index in [1.54, 1.807) is 7.11 Å². The Morgan fingerprint density at radius 1 is 1.37 bits per heavy atom. The van der Waals surface area contributed by atoms with E-state index in [1.807, 2.05) is 6.20 Å². The van der Waals surface area contributed by atoms with Gasteiger partial charge in [-0.25, -0.2) is 4.98 Å². The Balaban J connectivity index is 2.77. The van der Waals surface area contributed by atoms with Gasteiger partial charge in [-0.2, -0.15) is 0 Å². The van der Waals surface area contributed by atoms with Crippen LogP contribution in [0.5, 0.6) is 0 Å². The van der Waals surface area contributed by atoms with Gasteiger partial charge in [-0.05, 0) is 31.5 Å². The van der Waals surface area contributed by atoms with Crippen LogP contribution in [0.1, 0.15) is 33.3 Å². The van der Waals surface area contributed by atoms with Crippen molar-refractivity contribution in [2.24, 2.45) is 0 Å². The summed E-state index contributed by atoms with van der Waals surface area (Å²) in [6.07, 6.45) is 1.88. The molecule has 0 fully saturated rings. The monoisotopic (exact) mass is 265 g/mol. The lowest BCUT2D eigenvalue weighted by Crippen LogP contribution is -2.36. The molecule has 1 heterocycles. The van der Waals surface area contributed by atoms with Gasteiger partial charge in [0, 0.05) is 32.4 Å². The maximum atomic E-state index is 5.24. The summed E-state index contributed by atoms with van der Waals surface area (Å²) in [5.74, 6) is 1.02. The van der Waals surface area contributed by atoms with E-state index >= 15 is 0 Å². The topological polar surface area (TPSA) is 37.4 Å². The number of aromatic nitrogens is 1. The van der Waals surface area contributed by atoms with Crippen LogP contribution in [0.15, 0.2) is 18.3 Å². The Morgan fingerprint density at radius 2 is 2.11 bits per heavy atom. The molecule has 4 heteroatoms. The van der Waals surface area contributed by atoms with Gasteiger partial charge in [0.2, 0.25) is 0 Å². The molecule has 1 aromatic heterocycles. The molecule has 0 radical (unpaired) electrons. The van der Waals surface area contributed by atoms with Gasteiger partial charge in [0.15, 0.2) is 0 Å². The minimum absolute atomic E-state index is 0.329. The highest BCUT2D eigenvalue weighted by Crippen LogP contribution is 2.15. The van der Waals surface area contributed by atoms with Gasteiger partial charge >= 0.3 is 0 Å². The van der Waals surface area contributed by atoms with Crippen LogP contribution >= 0.6 is 0 Å². The molecular weight excluding hydrogens is 238 g/mol. The van der Waals surface area contributed by atoms with Crippen molar-refractivity contribution in [1.29, 1.82) is 0 Å². The van der Waals surface area contributed by atoms with Crippen LogP contribution in [0.2, 0.25) is 0 Å². The number of ether oxygens (including phenoxy) is 1. The third kappa shape index (κ3) is 5.17. The highest BCUT2D eigenvalue weighted by atomic mass is 16.5. The average Bonchev–Trinajstić information content (AvgIpc) is 2.38. The standard InChI is InChI=1S/C15H27N3O/c1-6-18(13(4)11-19-5)15-9-14(7-8-16-15)10-17-12(2)3/h7-9,12-13,17H,6,10-11H2,1-5H3. The molecule has 1 rings (SSSR count). The summed E-state index contributed by atoms with van der Waals surface area (Å²) in [5.41, 5.74) is 1.27. The lowest BCUT2D eigenvalue weighted by Gasteiger charge is -2.29. The zero-order valence-electron chi connectivity index (χ0n) is 12.8. The fraction of sp³-hybridized carbons (Fsp3) is 0.667. The molecule has 0 aliphatic heterocycles. The molecule has 0 aliphatic rings. The molecule has 1 N–H and O–H groups in total. The number of nitrogens with one attached hydrogen (secondary N) is 1. The van der Waals surface area contributed by atoms with Crippen molar-refractivity contribution in [2.45, 2.75) is 46.3 Å². The quantitative estimate of drug-likeness (QED) is 0.783. The van der Waals surface area contributed by atoms with E-state index in [0.717, 1.165) is 18.9 Å². The fourth-order valence-electron chi connectivity index (χ4n) is 2.08. The Hall–Kier alpha value is -1.13. The second kappa shape index (κ2) is 8.12. The largest absolute Gasteiger partial charge is 0.383 e. The van der Waals surface area contributed by atoms with Gasteiger partial charge in [0.1, 0.15) is 5.82 Å². The number of rotatable bonds is 8. The van der Waals surface area contributed by atoms with Crippen LogP contribution in [-0.2, 0) is 11.3 Å². The third-order valence-electron chi connectivity index (χ3n) is 3.10.